The summed E-state index contributed by atoms with van der Waals surface area (Å²) >= 11 is 1.48. The fourth-order valence-electron chi connectivity index (χ4n) is 3.26. The van der Waals surface area contributed by atoms with Crippen LogP contribution in [-0.4, -0.2) is 20.7 Å². The summed E-state index contributed by atoms with van der Waals surface area (Å²) in [4.78, 5) is 23.4. The highest BCUT2D eigenvalue weighted by Gasteiger charge is 2.14. The quantitative estimate of drug-likeness (QED) is 0.384. The number of aromatic nitrogens is 3. The molecule has 2 aromatic carbocycles. The molecule has 0 spiro atoms. The van der Waals surface area contributed by atoms with Crippen molar-refractivity contribution < 1.29 is 9.21 Å². The van der Waals surface area contributed by atoms with E-state index < -0.39 is 0 Å². The van der Waals surface area contributed by atoms with Crippen molar-refractivity contribution in [1.29, 1.82) is 0 Å². The third-order valence-electron chi connectivity index (χ3n) is 4.56. The molecule has 0 aliphatic carbocycles. The van der Waals surface area contributed by atoms with Crippen molar-refractivity contribution in [2.75, 3.05) is 5.32 Å². The van der Waals surface area contributed by atoms with Crippen LogP contribution in [0.5, 0.6) is 0 Å². The van der Waals surface area contributed by atoms with Gasteiger partial charge in [0.15, 0.2) is 5.16 Å². The molecule has 152 valence electrons. The predicted molar refractivity (Wildman–Crippen MR) is 117 cm³/mol. The van der Waals surface area contributed by atoms with Crippen LogP contribution in [0.3, 0.4) is 0 Å². The van der Waals surface area contributed by atoms with Crippen LogP contribution in [0.15, 0.2) is 62.9 Å². The van der Waals surface area contributed by atoms with Crippen molar-refractivity contribution in [3.8, 4) is 5.69 Å². The van der Waals surface area contributed by atoms with Gasteiger partial charge in [0.25, 0.3) is 0 Å². The summed E-state index contributed by atoms with van der Waals surface area (Å²) in [6.07, 6.45) is 0. The second kappa shape index (κ2) is 8.16. The Labute approximate surface area is 177 Å². The maximum absolute atomic E-state index is 12.0. The van der Waals surface area contributed by atoms with E-state index in [1.807, 2.05) is 60.9 Å². The zero-order valence-corrected chi connectivity index (χ0v) is 17.6. The van der Waals surface area contributed by atoms with Crippen LogP contribution < -0.4 is 10.9 Å². The molecule has 0 aliphatic heterocycles. The van der Waals surface area contributed by atoms with Gasteiger partial charge in [0.05, 0.1) is 5.69 Å². The Morgan fingerprint density at radius 2 is 1.97 bits per heavy atom. The fourth-order valence-corrected chi connectivity index (χ4v) is 4.25. The maximum Gasteiger partial charge on any atom is 0.336 e. The minimum Gasteiger partial charge on any atom is -0.423 e. The lowest BCUT2D eigenvalue weighted by Crippen LogP contribution is -2.07. The predicted octanol–water partition coefficient (Wildman–Crippen LogP) is 4.24. The first kappa shape index (κ1) is 19.9. The van der Waals surface area contributed by atoms with Gasteiger partial charge in [0, 0.05) is 29.8 Å². The Bertz CT molecular complexity index is 1310. The van der Waals surface area contributed by atoms with E-state index in [-0.39, 0.29) is 11.5 Å². The zero-order valence-electron chi connectivity index (χ0n) is 16.8. The Balaban J connectivity index is 1.66. The molecule has 7 nitrogen and oxygen atoms in total. The van der Waals surface area contributed by atoms with E-state index in [4.69, 9.17) is 4.42 Å². The molecule has 8 heteroatoms. The molecule has 0 fully saturated rings. The summed E-state index contributed by atoms with van der Waals surface area (Å²) < 4.78 is 7.27. The number of amides is 1. The van der Waals surface area contributed by atoms with Crippen molar-refractivity contribution in [2.24, 2.45) is 0 Å². The van der Waals surface area contributed by atoms with E-state index >= 15 is 0 Å². The average Bonchev–Trinajstić information content (AvgIpc) is 3.05. The summed E-state index contributed by atoms with van der Waals surface area (Å²) in [5.74, 6) is 1.13. The lowest BCUT2D eigenvalue weighted by atomic mass is 10.1. The molecule has 0 aliphatic rings. The molecule has 30 heavy (non-hydrogen) atoms. The number of aryl methyl sites for hydroxylation is 2. The van der Waals surface area contributed by atoms with Gasteiger partial charge in [0.1, 0.15) is 11.4 Å². The van der Waals surface area contributed by atoms with E-state index in [9.17, 15) is 9.59 Å². The summed E-state index contributed by atoms with van der Waals surface area (Å²) in [6, 6.07) is 14.9. The number of thioether (sulfide) groups is 1. The van der Waals surface area contributed by atoms with Crippen LogP contribution in [0, 0.1) is 13.8 Å². The molecule has 0 unspecified atom stereocenters. The van der Waals surface area contributed by atoms with Gasteiger partial charge in [-0.3, -0.25) is 9.36 Å². The number of nitrogens with zero attached hydrogens (tertiary/aromatic N) is 3. The van der Waals surface area contributed by atoms with Crippen molar-refractivity contribution in [1.82, 2.24) is 14.8 Å². The Hall–Kier alpha value is -3.39. The van der Waals surface area contributed by atoms with Crippen LogP contribution >= 0.6 is 11.8 Å². The Morgan fingerprint density at radius 3 is 2.77 bits per heavy atom. The lowest BCUT2D eigenvalue weighted by Gasteiger charge is -2.11. The topological polar surface area (TPSA) is 90.0 Å². The number of carbonyl (C=O) groups excluding carboxylic acids is 1. The smallest absolute Gasteiger partial charge is 0.336 e. The van der Waals surface area contributed by atoms with Gasteiger partial charge in [-0.05, 0) is 49.2 Å². The zero-order chi connectivity index (χ0) is 21.3. The molecule has 1 N–H and O–H groups in total. The molecule has 1 amide bonds. The third kappa shape index (κ3) is 4.13. The normalized spacial score (nSPS) is 11.0. The molecule has 0 bridgehead atoms. The van der Waals surface area contributed by atoms with Gasteiger partial charge < -0.3 is 9.73 Å². The van der Waals surface area contributed by atoms with E-state index in [0.717, 1.165) is 28.0 Å². The number of hydrogen-bond donors (Lipinski definition) is 1. The summed E-state index contributed by atoms with van der Waals surface area (Å²) in [6.45, 7) is 5.30. The van der Waals surface area contributed by atoms with E-state index in [2.05, 4.69) is 15.5 Å². The van der Waals surface area contributed by atoms with Crippen molar-refractivity contribution >= 4 is 34.3 Å². The van der Waals surface area contributed by atoms with E-state index in [0.29, 0.717) is 22.2 Å². The molecular formula is C22H20N4O3S. The van der Waals surface area contributed by atoms with Gasteiger partial charge in [-0.15, -0.1) is 10.2 Å². The average molecular weight is 420 g/mol. The van der Waals surface area contributed by atoms with E-state index in [1.54, 1.807) is 0 Å². The molecule has 4 rings (SSSR count). The summed E-state index contributed by atoms with van der Waals surface area (Å²) in [5.41, 5.74) is 3.67. The van der Waals surface area contributed by atoms with Crippen LogP contribution in [-0.2, 0) is 10.5 Å². The van der Waals surface area contributed by atoms with Gasteiger partial charge in [-0.25, -0.2) is 4.79 Å². The molecule has 4 aromatic rings. The van der Waals surface area contributed by atoms with Crippen LogP contribution in [0.4, 0.5) is 5.69 Å². The maximum atomic E-state index is 12.0. The highest BCUT2D eigenvalue weighted by atomic mass is 32.2. The van der Waals surface area contributed by atoms with Crippen molar-refractivity contribution in [3.05, 3.63) is 75.9 Å². The Morgan fingerprint density at radius 1 is 1.13 bits per heavy atom. The third-order valence-corrected chi connectivity index (χ3v) is 5.54. The number of fused-ring (bicyclic) bond motifs is 1. The highest BCUT2D eigenvalue weighted by molar-refractivity contribution is 7.98. The summed E-state index contributed by atoms with van der Waals surface area (Å²) in [5, 5.41) is 12.9. The van der Waals surface area contributed by atoms with Gasteiger partial charge >= 0.3 is 5.63 Å². The van der Waals surface area contributed by atoms with Gasteiger partial charge in [-0.1, -0.05) is 30.0 Å². The van der Waals surface area contributed by atoms with Crippen molar-refractivity contribution in [2.45, 2.75) is 31.7 Å². The second-order valence-electron chi connectivity index (χ2n) is 6.98. The number of nitrogens with one attached hydrogen (secondary N) is 1. The number of benzene rings is 2. The lowest BCUT2D eigenvalue weighted by molar-refractivity contribution is -0.114. The first-order valence-electron chi connectivity index (χ1n) is 9.37. The largest absolute Gasteiger partial charge is 0.423 e. The molecule has 0 saturated heterocycles. The minimum atomic E-state index is -0.371. The highest BCUT2D eigenvalue weighted by Crippen LogP contribution is 2.29. The van der Waals surface area contributed by atoms with Crippen molar-refractivity contribution in [3.63, 3.8) is 0 Å². The van der Waals surface area contributed by atoms with Gasteiger partial charge in [-0.2, -0.15) is 0 Å². The monoisotopic (exact) mass is 420 g/mol. The SMILES string of the molecule is CC(=O)Nc1cccc(-n2c(C)nnc2SCc2cc(=O)oc3cc(C)ccc23)c1. The first-order valence-corrected chi connectivity index (χ1v) is 10.4. The van der Waals surface area contributed by atoms with Gasteiger partial charge in [0.2, 0.25) is 5.91 Å². The Kier molecular flexibility index (Phi) is 5.41. The summed E-state index contributed by atoms with van der Waals surface area (Å²) in [7, 11) is 0. The van der Waals surface area contributed by atoms with Crippen LogP contribution in [0.25, 0.3) is 16.7 Å². The number of carbonyl (C=O) groups is 1. The molecular weight excluding hydrogens is 400 g/mol. The molecule has 0 radical (unpaired) electrons. The van der Waals surface area contributed by atoms with Crippen LogP contribution in [0.1, 0.15) is 23.9 Å². The number of anilines is 1. The standard InChI is InChI=1S/C22H20N4O3S/c1-13-7-8-19-16(10-21(28)29-20(19)9-13)12-30-22-25-24-14(2)26(22)18-6-4-5-17(11-18)23-15(3)27/h4-11H,12H2,1-3H3,(H,23,27). The minimum absolute atomic E-state index is 0.132. The van der Waals surface area contributed by atoms with Crippen LogP contribution in [0.2, 0.25) is 0 Å². The molecule has 2 aromatic heterocycles. The number of hydrogen-bond acceptors (Lipinski definition) is 6. The first-order chi connectivity index (χ1) is 14.4. The second-order valence-corrected chi connectivity index (χ2v) is 7.92. The molecule has 0 saturated carbocycles. The molecule has 0 atom stereocenters. The fraction of sp³-hybridized carbons (Fsp3) is 0.182. The number of rotatable bonds is 5. The van der Waals surface area contributed by atoms with E-state index in [1.165, 1.54) is 24.8 Å². The molecule has 2 heterocycles.